The summed E-state index contributed by atoms with van der Waals surface area (Å²) < 4.78 is 14.6. The topological polar surface area (TPSA) is 68.0 Å². The van der Waals surface area contributed by atoms with Gasteiger partial charge in [-0.25, -0.2) is 9.07 Å². The summed E-state index contributed by atoms with van der Waals surface area (Å²) in [6, 6.07) is 4.23. The summed E-state index contributed by atoms with van der Waals surface area (Å²) in [5.41, 5.74) is 1.57. The Hall–Kier alpha value is -1.95. The number of benzene rings is 1. The summed E-state index contributed by atoms with van der Waals surface area (Å²) in [6.07, 6.45) is 4.01. The largest absolute Gasteiger partial charge is 0.481 e. The summed E-state index contributed by atoms with van der Waals surface area (Å²) in [6.45, 7) is 0.418. The smallest absolute Gasteiger partial charge is 0.303 e. The van der Waals surface area contributed by atoms with Crippen LogP contribution in [0.1, 0.15) is 30.5 Å². The van der Waals surface area contributed by atoms with E-state index in [1.165, 1.54) is 12.1 Å². The number of carboxylic acids is 1. The van der Waals surface area contributed by atoms with Crippen molar-refractivity contribution in [3.05, 3.63) is 46.5 Å². The van der Waals surface area contributed by atoms with Gasteiger partial charge in [-0.3, -0.25) is 4.79 Å². The fourth-order valence-electron chi connectivity index (χ4n) is 1.94. The van der Waals surface area contributed by atoms with Crippen molar-refractivity contribution in [1.29, 1.82) is 0 Å². The Morgan fingerprint density at radius 2 is 2.19 bits per heavy atom. The summed E-state index contributed by atoms with van der Waals surface area (Å²) in [5, 5.41) is 16.9. The molecule has 2 rings (SSSR count). The fraction of sp³-hybridized carbons (Fsp3) is 0.357. The normalized spacial score (nSPS) is 10.8. The van der Waals surface area contributed by atoms with Crippen molar-refractivity contribution in [2.45, 2.75) is 32.2 Å². The van der Waals surface area contributed by atoms with Crippen LogP contribution in [0.4, 0.5) is 4.39 Å². The minimum absolute atomic E-state index is 0.166. The van der Waals surface area contributed by atoms with Gasteiger partial charge in [0.1, 0.15) is 5.82 Å². The lowest BCUT2D eigenvalue weighted by molar-refractivity contribution is -0.137. The zero-order valence-corrected chi connectivity index (χ0v) is 12.1. The van der Waals surface area contributed by atoms with E-state index in [4.69, 9.17) is 16.7 Å². The van der Waals surface area contributed by atoms with E-state index in [0.29, 0.717) is 24.4 Å². The lowest BCUT2D eigenvalue weighted by atomic mass is 10.1. The number of carboxylic acid groups (broad SMARTS) is 1. The Balaban J connectivity index is 1.89. The third kappa shape index (κ3) is 4.82. The van der Waals surface area contributed by atoms with Gasteiger partial charge < -0.3 is 5.11 Å². The molecule has 7 heteroatoms. The minimum atomic E-state index is -0.787. The molecule has 5 nitrogen and oxygen atoms in total. The van der Waals surface area contributed by atoms with Gasteiger partial charge >= 0.3 is 5.97 Å². The second kappa shape index (κ2) is 7.17. The van der Waals surface area contributed by atoms with Crippen LogP contribution in [0.25, 0.3) is 0 Å². The number of hydrogen-bond donors (Lipinski definition) is 1. The van der Waals surface area contributed by atoms with Crippen LogP contribution >= 0.6 is 11.6 Å². The number of aliphatic carboxylic acids is 1. The predicted octanol–water partition coefficient (Wildman–Crippen LogP) is 2.92. The Labute approximate surface area is 126 Å². The Bertz CT molecular complexity index is 630. The first-order valence-corrected chi connectivity index (χ1v) is 6.97. The van der Waals surface area contributed by atoms with Gasteiger partial charge in [0.25, 0.3) is 0 Å². The molecule has 1 N–H and O–H groups in total. The second-order valence-corrected chi connectivity index (χ2v) is 5.15. The lowest BCUT2D eigenvalue weighted by Crippen LogP contribution is -2.01. The fourth-order valence-corrected chi connectivity index (χ4v) is 2.16. The van der Waals surface area contributed by atoms with Crippen molar-refractivity contribution in [2.75, 3.05) is 0 Å². The first-order chi connectivity index (χ1) is 10.0. The Morgan fingerprint density at radius 1 is 1.38 bits per heavy atom. The highest BCUT2D eigenvalue weighted by Crippen LogP contribution is 2.18. The number of nitrogens with zero attached hydrogens (tertiary/aromatic N) is 3. The van der Waals surface area contributed by atoms with E-state index in [0.717, 1.165) is 17.7 Å². The van der Waals surface area contributed by atoms with E-state index >= 15 is 0 Å². The molecular formula is C14H15ClFN3O2. The molecule has 0 radical (unpaired) electrons. The van der Waals surface area contributed by atoms with Gasteiger partial charge in [-0.15, -0.1) is 5.10 Å². The number of hydrogen-bond acceptors (Lipinski definition) is 3. The van der Waals surface area contributed by atoms with Crippen LogP contribution in [-0.2, 0) is 17.8 Å². The molecule has 0 aliphatic heterocycles. The van der Waals surface area contributed by atoms with Gasteiger partial charge in [-0.05, 0) is 37.0 Å². The standard InChI is InChI=1S/C14H15ClFN3O2/c15-13-7-11(16)6-5-10(13)8-19-9-12(17-18-19)3-1-2-4-14(20)21/h5-7,9H,1-4,8H2,(H,20,21). The first-order valence-electron chi connectivity index (χ1n) is 6.59. The molecule has 0 fully saturated rings. The van der Waals surface area contributed by atoms with Crippen LogP contribution < -0.4 is 0 Å². The summed E-state index contributed by atoms with van der Waals surface area (Å²) in [5.74, 6) is -1.16. The summed E-state index contributed by atoms with van der Waals surface area (Å²) >= 11 is 5.96. The van der Waals surface area contributed by atoms with Gasteiger partial charge in [0.05, 0.1) is 12.2 Å². The number of aromatic nitrogens is 3. The van der Waals surface area contributed by atoms with Crippen molar-refractivity contribution in [2.24, 2.45) is 0 Å². The molecule has 0 atom stereocenters. The monoisotopic (exact) mass is 311 g/mol. The molecule has 0 amide bonds. The highest BCUT2D eigenvalue weighted by atomic mass is 35.5. The second-order valence-electron chi connectivity index (χ2n) is 4.74. The molecule has 0 aliphatic rings. The molecular weight excluding hydrogens is 297 g/mol. The van der Waals surface area contributed by atoms with Crippen LogP contribution in [0.5, 0.6) is 0 Å². The zero-order valence-electron chi connectivity index (χ0n) is 11.3. The molecule has 21 heavy (non-hydrogen) atoms. The summed E-state index contributed by atoms with van der Waals surface area (Å²) in [7, 11) is 0. The van der Waals surface area contributed by atoms with Crippen molar-refractivity contribution in [3.63, 3.8) is 0 Å². The molecule has 2 aromatic rings. The van der Waals surface area contributed by atoms with E-state index in [9.17, 15) is 9.18 Å². The number of carbonyl (C=O) groups is 1. The van der Waals surface area contributed by atoms with Gasteiger partial charge in [0, 0.05) is 17.6 Å². The molecule has 112 valence electrons. The number of halogens is 2. The molecule has 0 aliphatic carbocycles. The number of aryl methyl sites for hydroxylation is 1. The van der Waals surface area contributed by atoms with E-state index in [-0.39, 0.29) is 12.2 Å². The molecule has 0 bridgehead atoms. The molecule has 1 aromatic carbocycles. The highest BCUT2D eigenvalue weighted by Gasteiger charge is 2.06. The molecule has 0 saturated carbocycles. The molecule has 1 aromatic heterocycles. The summed E-state index contributed by atoms with van der Waals surface area (Å²) in [4.78, 5) is 10.4. The van der Waals surface area contributed by atoms with E-state index in [1.807, 2.05) is 0 Å². The maximum absolute atomic E-state index is 13.0. The molecule has 1 heterocycles. The van der Waals surface area contributed by atoms with E-state index < -0.39 is 5.97 Å². The Kier molecular flexibility index (Phi) is 5.27. The lowest BCUT2D eigenvalue weighted by Gasteiger charge is -2.03. The third-order valence-electron chi connectivity index (χ3n) is 3.01. The highest BCUT2D eigenvalue weighted by molar-refractivity contribution is 6.31. The molecule has 0 spiro atoms. The van der Waals surface area contributed by atoms with Gasteiger partial charge in [-0.2, -0.15) is 0 Å². The predicted molar refractivity (Wildman–Crippen MR) is 75.7 cm³/mol. The zero-order chi connectivity index (χ0) is 15.2. The van der Waals surface area contributed by atoms with Gasteiger partial charge in [0.15, 0.2) is 0 Å². The van der Waals surface area contributed by atoms with E-state index in [1.54, 1.807) is 16.9 Å². The van der Waals surface area contributed by atoms with Gasteiger partial charge in [-0.1, -0.05) is 22.9 Å². The SMILES string of the molecule is O=C(O)CCCCc1cn(Cc2ccc(F)cc2Cl)nn1. The van der Waals surface area contributed by atoms with Crippen molar-refractivity contribution >= 4 is 17.6 Å². The van der Waals surface area contributed by atoms with Crippen LogP contribution in [0.15, 0.2) is 24.4 Å². The van der Waals surface area contributed by atoms with Crippen molar-refractivity contribution in [3.8, 4) is 0 Å². The van der Waals surface area contributed by atoms with E-state index in [2.05, 4.69) is 10.3 Å². The maximum atomic E-state index is 13.0. The molecule has 0 saturated heterocycles. The maximum Gasteiger partial charge on any atom is 0.303 e. The molecule has 0 unspecified atom stereocenters. The van der Waals surface area contributed by atoms with Crippen LogP contribution in [0, 0.1) is 5.82 Å². The van der Waals surface area contributed by atoms with Gasteiger partial charge in [0.2, 0.25) is 0 Å². The average molecular weight is 312 g/mol. The van der Waals surface area contributed by atoms with Crippen molar-refractivity contribution in [1.82, 2.24) is 15.0 Å². The van der Waals surface area contributed by atoms with Crippen LogP contribution in [0.3, 0.4) is 0 Å². The number of unbranched alkanes of at least 4 members (excludes halogenated alkanes) is 1. The first kappa shape index (κ1) is 15.4. The third-order valence-corrected chi connectivity index (χ3v) is 3.36. The quantitative estimate of drug-likeness (QED) is 0.798. The minimum Gasteiger partial charge on any atom is -0.481 e. The average Bonchev–Trinajstić information content (AvgIpc) is 2.85. The Morgan fingerprint density at radius 3 is 2.90 bits per heavy atom. The van der Waals surface area contributed by atoms with Crippen molar-refractivity contribution < 1.29 is 14.3 Å². The van der Waals surface area contributed by atoms with Crippen LogP contribution in [-0.4, -0.2) is 26.1 Å². The van der Waals surface area contributed by atoms with Crippen LogP contribution in [0.2, 0.25) is 5.02 Å². The number of rotatable bonds is 7.